The third-order valence-corrected chi connectivity index (χ3v) is 2.90. The van der Waals surface area contributed by atoms with Crippen molar-refractivity contribution in [2.24, 2.45) is 5.92 Å². The summed E-state index contributed by atoms with van der Waals surface area (Å²) in [6, 6.07) is 0.221. The summed E-state index contributed by atoms with van der Waals surface area (Å²) in [4.78, 5) is 11.1. The van der Waals surface area contributed by atoms with Crippen LogP contribution >= 0.6 is 0 Å². The number of carbonyl (C=O) groups is 1. The molecule has 0 bridgehead atoms. The van der Waals surface area contributed by atoms with E-state index in [0.29, 0.717) is 0 Å². The minimum absolute atomic E-state index is 0.00264. The number of carbonyl (C=O) groups excluding carboxylic acids is 1. The normalized spacial score (nSPS) is 31.1. The van der Waals surface area contributed by atoms with E-state index in [1.165, 1.54) is 19.3 Å². The monoisotopic (exact) mass is 199 g/mol. The molecule has 0 aromatic heterocycles. The highest BCUT2D eigenvalue weighted by atomic mass is 16.7. The second-order valence-corrected chi connectivity index (χ2v) is 4.13. The molecule has 1 heterocycles. The molecule has 1 aliphatic carbocycles. The fraction of sp³-hybridized carbons (Fsp3) is 0.900. The van der Waals surface area contributed by atoms with Crippen LogP contribution in [0.4, 0.5) is 0 Å². The van der Waals surface area contributed by atoms with Crippen molar-refractivity contribution < 1.29 is 14.3 Å². The summed E-state index contributed by atoms with van der Waals surface area (Å²) in [7, 11) is 1.57. The van der Waals surface area contributed by atoms with Crippen LogP contribution in [0.3, 0.4) is 0 Å². The van der Waals surface area contributed by atoms with Crippen LogP contribution in [0.5, 0.6) is 0 Å². The number of amides is 1. The Hall–Kier alpha value is -0.610. The van der Waals surface area contributed by atoms with Crippen LogP contribution in [0.2, 0.25) is 0 Å². The van der Waals surface area contributed by atoms with Gasteiger partial charge < -0.3 is 14.8 Å². The maximum Gasteiger partial charge on any atom is 0.251 e. The molecule has 2 aliphatic rings. The summed E-state index contributed by atoms with van der Waals surface area (Å²) in [5, 5.41) is 2.87. The van der Waals surface area contributed by atoms with Gasteiger partial charge in [-0.15, -0.1) is 0 Å². The Kier molecular flexibility index (Phi) is 3.03. The Bertz CT molecular complexity index is 215. The zero-order valence-corrected chi connectivity index (χ0v) is 8.49. The zero-order valence-electron chi connectivity index (χ0n) is 8.49. The smallest absolute Gasteiger partial charge is 0.251 e. The molecule has 0 aromatic carbocycles. The maximum atomic E-state index is 11.1. The number of ether oxygens (including phenoxy) is 2. The van der Waals surface area contributed by atoms with E-state index in [4.69, 9.17) is 9.47 Å². The summed E-state index contributed by atoms with van der Waals surface area (Å²) in [5.41, 5.74) is 0. The van der Waals surface area contributed by atoms with Gasteiger partial charge in [0, 0.05) is 7.11 Å². The van der Waals surface area contributed by atoms with E-state index >= 15 is 0 Å². The predicted octanol–water partition coefficient (Wildman–Crippen LogP) is 0.664. The number of hydrogen-bond acceptors (Lipinski definition) is 3. The van der Waals surface area contributed by atoms with Gasteiger partial charge in [-0.25, -0.2) is 0 Å². The molecule has 80 valence electrons. The van der Waals surface area contributed by atoms with E-state index in [2.05, 4.69) is 5.32 Å². The molecule has 1 saturated heterocycles. The minimum atomic E-state index is -0.270. The second kappa shape index (κ2) is 4.28. The topological polar surface area (TPSA) is 47.6 Å². The quantitative estimate of drug-likeness (QED) is 0.505. The standard InChI is InChI=1S/C10H17NO3/c1-13-6-14-9-8(11-10(9)12)5-4-7-2-3-7/h7-9H,2-6H2,1H3,(H,11,12). The Morgan fingerprint density at radius 1 is 1.43 bits per heavy atom. The van der Waals surface area contributed by atoms with Gasteiger partial charge in [-0.05, 0) is 18.8 Å². The third-order valence-electron chi connectivity index (χ3n) is 2.90. The highest BCUT2D eigenvalue weighted by Crippen LogP contribution is 2.35. The van der Waals surface area contributed by atoms with E-state index in [0.717, 1.165) is 12.3 Å². The number of nitrogens with one attached hydrogen (secondary N) is 1. The lowest BCUT2D eigenvalue weighted by molar-refractivity contribution is -0.161. The molecule has 1 saturated carbocycles. The summed E-state index contributed by atoms with van der Waals surface area (Å²) in [6.45, 7) is 0.206. The summed E-state index contributed by atoms with van der Waals surface area (Å²) in [6.07, 6.45) is 4.73. The molecule has 2 unspecified atom stereocenters. The molecule has 1 N–H and O–H groups in total. The molecule has 2 rings (SSSR count). The van der Waals surface area contributed by atoms with Crippen LogP contribution in [0.25, 0.3) is 0 Å². The molecular weight excluding hydrogens is 182 g/mol. The Morgan fingerprint density at radius 2 is 2.21 bits per heavy atom. The first-order valence-corrected chi connectivity index (χ1v) is 5.22. The number of β-lactam (4-membered cyclic amide) rings is 1. The van der Waals surface area contributed by atoms with Gasteiger partial charge in [0.2, 0.25) is 0 Å². The molecule has 1 aliphatic heterocycles. The van der Waals surface area contributed by atoms with Crippen molar-refractivity contribution in [3.63, 3.8) is 0 Å². The molecule has 2 fully saturated rings. The van der Waals surface area contributed by atoms with Crippen molar-refractivity contribution in [1.82, 2.24) is 5.32 Å². The van der Waals surface area contributed by atoms with Gasteiger partial charge in [0.15, 0.2) is 6.10 Å². The molecular formula is C10H17NO3. The number of hydrogen-bond donors (Lipinski definition) is 1. The van der Waals surface area contributed by atoms with E-state index in [9.17, 15) is 4.79 Å². The van der Waals surface area contributed by atoms with E-state index in [1.54, 1.807) is 7.11 Å². The van der Waals surface area contributed by atoms with Crippen LogP contribution in [-0.4, -0.2) is 32.0 Å². The van der Waals surface area contributed by atoms with E-state index in [-0.39, 0.29) is 24.8 Å². The van der Waals surface area contributed by atoms with Crippen molar-refractivity contribution >= 4 is 5.91 Å². The summed E-state index contributed by atoms with van der Waals surface area (Å²) >= 11 is 0. The molecule has 0 aromatic rings. The van der Waals surface area contributed by atoms with Crippen LogP contribution in [-0.2, 0) is 14.3 Å². The van der Waals surface area contributed by atoms with Crippen LogP contribution in [0.15, 0.2) is 0 Å². The second-order valence-electron chi connectivity index (χ2n) is 4.13. The predicted molar refractivity (Wildman–Crippen MR) is 50.6 cm³/mol. The van der Waals surface area contributed by atoms with Gasteiger partial charge in [-0.2, -0.15) is 0 Å². The summed E-state index contributed by atoms with van der Waals surface area (Å²) < 4.78 is 10.1. The minimum Gasteiger partial charge on any atom is -0.359 e. The number of methoxy groups -OCH3 is 1. The molecule has 0 radical (unpaired) electrons. The van der Waals surface area contributed by atoms with E-state index < -0.39 is 0 Å². The van der Waals surface area contributed by atoms with Crippen molar-refractivity contribution in [3.8, 4) is 0 Å². The van der Waals surface area contributed by atoms with Gasteiger partial charge in [0.1, 0.15) is 6.79 Å². The van der Waals surface area contributed by atoms with E-state index in [1.807, 2.05) is 0 Å². The fourth-order valence-electron chi connectivity index (χ4n) is 1.81. The van der Waals surface area contributed by atoms with Crippen molar-refractivity contribution in [2.75, 3.05) is 13.9 Å². The van der Waals surface area contributed by atoms with Gasteiger partial charge in [-0.1, -0.05) is 12.8 Å². The third kappa shape index (κ3) is 2.25. The first kappa shape index (κ1) is 9.93. The first-order valence-electron chi connectivity index (χ1n) is 5.22. The largest absolute Gasteiger partial charge is 0.359 e. The van der Waals surface area contributed by atoms with Crippen molar-refractivity contribution in [1.29, 1.82) is 0 Å². The van der Waals surface area contributed by atoms with Gasteiger partial charge >= 0.3 is 0 Å². The lowest BCUT2D eigenvalue weighted by atomic mass is 9.96. The Balaban J connectivity index is 1.67. The zero-order chi connectivity index (χ0) is 9.97. The molecule has 1 amide bonds. The highest BCUT2D eigenvalue weighted by molar-refractivity contribution is 5.88. The van der Waals surface area contributed by atoms with Gasteiger partial charge in [-0.3, -0.25) is 4.79 Å². The first-order chi connectivity index (χ1) is 6.81. The molecule has 14 heavy (non-hydrogen) atoms. The average Bonchev–Trinajstić information content (AvgIpc) is 2.96. The lowest BCUT2D eigenvalue weighted by Gasteiger charge is -2.36. The molecule has 4 heteroatoms. The lowest BCUT2D eigenvalue weighted by Crippen LogP contribution is -2.63. The van der Waals surface area contributed by atoms with Crippen LogP contribution in [0.1, 0.15) is 25.7 Å². The highest BCUT2D eigenvalue weighted by Gasteiger charge is 2.40. The molecule has 2 atom stereocenters. The number of rotatable bonds is 6. The molecule has 4 nitrogen and oxygen atoms in total. The SMILES string of the molecule is COCOC1C(=O)NC1CCC1CC1. The summed E-state index contributed by atoms with van der Waals surface area (Å²) in [5.74, 6) is 0.915. The Labute approximate surface area is 84.0 Å². The van der Waals surface area contributed by atoms with Gasteiger partial charge in [0.25, 0.3) is 5.91 Å². The van der Waals surface area contributed by atoms with Crippen molar-refractivity contribution in [3.05, 3.63) is 0 Å². The maximum absolute atomic E-state index is 11.1. The Morgan fingerprint density at radius 3 is 2.79 bits per heavy atom. The average molecular weight is 199 g/mol. The molecule has 0 spiro atoms. The van der Waals surface area contributed by atoms with Crippen molar-refractivity contribution in [2.45, 2.75) is 37.8 Å². The van der Waals surface area contributed by atoms with Gasteiger partial charge in [0.05, 0.1) is 6.04 Å². The van der Waals surface area contributed by atoms with Crippen LogP contribution in [0, 0.1) is 5.92 Å². The fourth-order valence-corrected chi connectivity index (χ4v) is 1.81. The van der Waals surface area contributed by atoms with Crippen LogP contribution < -0.4 is 5.32 Å².